The van der Waals surface area contributed by atoms with Gasteiger partial charge < -0.3 is 14.6 Å². The van der Waals surface area contributed by atoms with E-state index in [1.165, 1.54) is 0 Å². The van der Waals surface area contributed by atoms with Gasteiger partial charge in [0.25, 0.3) is 0 Å². The van der Waals surface area contributed by atoms with Crippen molar-refractivity contribution >= 4 is 5.91 Å². The van der Waals surface area contributed by atoms with Crippen LogP contribution in [0, 0.1) is 5.92 Å². The zero-order valence-corrected chi connectivity index (χ0v) is 15.8. The predicted octanol–water partition coefficient (Wildman–Crippen LogP) is 2.53. The number of imidazole rings is 1. The van der Waals surface area contributed by atoms with E-state index in [2.05, 4.69) is 9.88 Å². The number of rotatable bonds is 5. The summed E-state index contributed by atoms with van der Waals surface area (Å²) in [5.74, 6) is -1.07. The lowest BCUT2D eigenvalue weighted by Gasteiger charge is -2.40. The zero-order chi connectivity index (χ0) is 20.4. The number of likely N-dealkylation sites (tertiary alicyclic amines) is 1. The van der Waals surface area contributed by atoms with Gasteiger partial charge in [-0.15, -0.1) is 0 Å². The molecular formula is C20H23F3N4O2. The summed E-state index contributed by atoms with van der Waals surface area (Å²) < 4.78 is 45.0. The van der Waals surface area contributed by atoms with E-state index in [0.29, 0.717) is 26.1 Å². The van der Waals surface area contributed by atoms with Crippen LogP contribution in [0.3, 0.4) is 0 Å². The summed E-state index contributed by atoms with van der Waals surface area (Å²) in [5, 5.41) is 2.02. The molecule has 0 unspecified atom stereocenters. The third kappa shape index (κ3) is 4.79. The Hall–Kier alpha value is -2.39. The summed E-state index contributed by atoms with van der Waals surface area (Å²) in [5.41, 5.74) is 2.08. The summed E-state index contributed by atoms with van der Waals surface area (Å²) in [6.07, 6.45) is 2.11. The average molecular weight is 408 g/mol. The van der Waals surface area contributed by atoms with E-state index in [1.54, 1.807) is 12.5 Å². The standard InChI is InChI=1S/C20H23F3N4O2/c21-20(22,23)12-25-19(28)15-9-18-17(5-8-29-18)27(11-15)10-14-1-3-16(4-2-14)26-7-6-24-13-26/h1-4,6-7,13,15,17-18H,5,8-12H2,(H,25,28)/t15-,17+,18+/m0/s1. The van der Waals surface area contributed by atoms with Crippen molar-refractivity contribution in [2.75, 3.05) is 19.7 Å². The SMILES string of the molecule is O=C(NCC(F)(F)F)[C@H]1C[C@H]2OCC[C@H]2N(Cc2ccc(-n3ccnc3)cc2)C1. The minimum Gasteiger partial charge on any atom is -0.377 e. The number of fused-ring (bicyclic) bond motifs is 1. The van der Waals surface area contributed by atoms with Gasteiger partial charge in [-0.25, -0.2) is 4.98 Å². The fraction of sp³-hybridized carbons (Fsp3) is 0.500. The van der Waals surface area contributed by atoms with Crippen LogP contribution in [0.15, 0.2) is 43.0 Å². The lowest BCUT2D eigenvalue weighted by atomic mass is 9.89. The van der Waals surface area contributed by atoms with Crippen molar-refractivity contribution in [1.82, 2.24) is 19.8 Å². The summed E-state index contributed by atoms with van der Waals surface area (Å²) >= 11 is 0. The third-order valence-electron chi connectivity index (χ3n) is 5.57. The van der Waals surface area contributed by atoms with Crippen molar-refractivity contribution in [1.29, 1.82) is 0 Å². The van der Waals surface area contributed by atoms with Crippen LogP contribution < -0.4 is 5.32 Å². The maximum atomic E-state index is 12.4. The number of ether oxygens (including phenoxy) is 1. The molecule has 1 N–H and O–H groups in total. The van der Waals surface area contributed by atoms with Gasteiger partial charge in [-0.1, -0.05) is 12.1 Å². The second-order valence-corrected chi connectivity index (χ2v) is 7.60. The monoisotopic (exact) mass is 408 g/mol. The number of halogens is 3. The van der Waals surface area contributed by atoms with Crippen molar-refractivity contribution in [3.8, 4) is 5.69 Å². The van der Waals surface area contributed by atoms with Gasteiger partial charge in [-0.3, -0.25) is 9.69 Å². The smallest absolute Gasteiger partial charge is 0.377 e. The molecule has 29 heavy (non-hydrogen) atoms. The van der Waals surface area contributed by atoms with Crippen molar-refractivity contribution in [3.05, 3.63) is 48.5 Å². The Bertz CT molecular complexity index is 823. The largest absolute Gasteiger partial charge is 0.405 e. The second kappa shape index (κ2) is 8.16. The van der Waals surface area contributed by atoms with Gasteiger partial charge in [0.1, 0.15) is 6.54 Å². The summed E-state index contributed by atoms with van der Waals surface area (Å²) in [6.45, 7) is 0.366. The fourth-order valence-corrected chi connectivity index (χ4v) is 4.18. The maximum Gasteiger partial charge on any atom is 0.405 e. The molecule has 156 valence electrons. The molecule has 0 bridgehead atoms. The van der Waals surface area contributed by atoms with Crippen LogP contribution in [0.4, 0.5) is 13.2 Å². The summed E-state index contributed by atoms with van der Waals surface area (Å²) in [7, 11) is 0. The minimum absolute atomic E-state index is 0.115. The first-order valence-corrected chi connectivity index (χ1v) is 9.66. The molecule has 9 heteroatoms. The Balaban J connectivity index is 1.43. The highest BCUT2D eigenvalue weighted by Crippen LogP contribution is 2.32. The van der Waals surface area contributed by atoms with Gasteiger partial charge in [-0.05, 0) is 30.5 Å². The molecule has 2 aliphatic heterocycles. The van der Waals surface area contributed by atoms with Gasteiger partial charge in [-0.2, -0.15) is 13.2 Å². The molecule has 0 radical (unpaired) electrons. The Morgan fingerprint density at radius 1 is 1.28 bits per heavy atom. The number of carbonyl (C=O) groups excluding carboxylic acids is 1. The molecule has 2 aliphatic rings. The molecule has 3 atom stereocenters. The first-order valence-electron chi connectivity index (χ1n) is 9.66. The quantitative estimate of drug-likeness (QED) is 0.826. The average Bonchev–Trinajstić information content (AvgIpc) is 3.38. The molecule has 1 aromatic heterocycles. The highest BCUT2D eigenvalue weighted by atomic mass is 19.4. The number of hydrogen-bond donors (Lipinski definition) is 1. The van der Waals surface area contributed by atoms with E-state index in [0.717, 1.165) is 17.7 Å². The van der Waals surface area contributed by atoms with Crippen molar-refractivity contribution in [3.63, 3.8) is 0 Å². The predicted molar refractivity (Wildman–Crippen MR) is 99.3 cm³/mol. The first kappa shape index (κ1) is 19.9. The zero-order valence-electron chi connectivity index (χ0n) is 15.8. The maximum absolute atomic E-state index is 12.4. The van der Waals surface area contributed by atoms with Crippen LogP contribution >= 0.6 is 0 Å². The molecule has 0 spiro atoms. The van der Waals surface area contributed by atoms with Crippen LogP contribution in [0.2, 0.25) is 0 Å². The van der Waals surface area contributed by atoms with E-state index < -0.39 is 24.5 Å². The molecule has 0 saturated carbocycles. The highest BCUT2D eigenvalue weighted by Gasteiger charge is 2.42. The van der Waals surface area contributed by atoms with Crippen LogP contribution in [0.1, 0.15) is 18.4 Å². The fourth-order valence-electron chi connectivity index (χ4n) is 4.18. The van der Waals surface area contributed by atoms with Crippen LogP contribution in [-0.4, -0.2) is 58.4 Å². The number of nitrogens with one attached hydrogen (secondary N) is 1. The van der Waals surface area contributed by atoms with Crippen molar-refractivity contribution in [2.24, 2.45) is 5.92 Å². The van der Waals surface area contributed by atoms with Gasteiger partial charge in [0.05, 0.1) is 18.3 Å². The van der Waals surface area contributed by atoms with Crippen molar-refractivity contribution in [2.45, 2.75) is 37.7 Å². The van der Waals surface area contributed by atoms with Crippen LogP contribution in [0.25, 0.3) is 5.69 Å². The molecular weight excluding hydrogens is 385 g/mol. The normalized spacial score (nSPS) is 25.0. The Kier molecular flexibility index (Phi) is 5.60. The van der Waals surface area contributed by atoms with E-state index in [9.17, 15) is 18.0 Å². The molecule has 1 aromatic carbocycles. The Morgan fingerprint density at radius 2 is 2.07 bits per heavy atom. The number of piperidine rings is 1. The van der Waals surface area contributed by atoms with Crippen LogP contribution in [-0.2, 0) is 16.1 Å². The molecule has 0 aliphatic carbocycles. The van der Waals surface area contributed by atoms with Gasteiger partial charge in [0.2, 0.25) is 5.91 Å². The third-order valence-corrected chi connectivity index (χ3v) is 5.57. The van der Waals surface area contributed by atoms with Gasteiger partial charge in [0.15, 0.2) is 0 Å². The molecule has 4 rings (SSSR count). The molecule has 2 saturated heterocycles. The highest BCUT2D eigenvalue weighted by molar-refractivity contribution is 5.79. The molecule has 1 amide bonds. The van der Waals surface area contributed by atoms with Gasteiger partial charge in [0, 0.05) is 43.8 Å². The number of nitrogens with zero attached hydrogens (tertiary/aromatic N) is 3. The molecule has 3 heterocycles. The number of amides is 1. The number of hydrogen-bond acceptors (Lipinski definition) is 4. The second-order valence-electron chi connectivity index (χ2n) is 7.60. The first-order chi connectivity index (χ1) is 13.9. The molecule has 2 aromatic rings. The van der Waals surface area contributed by atoms with E-state index >= 15 is 0 Å². The number of carbonyl (C=O) groups is 1. The number of alkyl halides is 3. The lowest BCUT2D eigenvalue weighted by molar-refractivity contribution is -0.143. The minimum atomic E-state index is -4.41. The number of benzene rings is 1. The van der Waals surface area contributed by atoms with E-state index in [-0.39, 0.29) is 12.1 Å². The topological polar surface area (TPSA) is 59.4 Å². The van der Waals surface area contributed by atoms with Crippen molar-refractivity contribution < 1.29 is 22.7 Å². The van der Waals surface area contributed by atoms with E-state index in [1.807, 2.05) is 40.3 Å². The van der Waals surface area contributed by atoms with E-state index in [4.69, 9.17) is 4.74 Å². The summed E-state index contributed by atoms with van der Waals surface area (Å²) in [4.78, 5) is 18.5. The molecule has 2 fully saturated rings. The Morgan fingerprint density at radius 3 is 2.76 bits per heavy atom. The van der Waals surface area contributed by atoms with Crippen LogP contribution in [0.5, 0.6) is 0 Å². The summed E-state index contributed by atoms with van der Waals surface area (Å²) in [6, 6.07) is 8.23. The van der Waals surface area contributed by atoms with Gasteiger partial charge >= 0.3 is 6.18 Å². The Labute approximate surface area is 166 Å². The molecule has 6 nitrogen and oxygen atoms in total. The number of aromatic nitrogens is 2. The lowest BCUT2D eigenvalue weighted by Crippen LogP contribution is -2.53.